The highest BCUT2D eigenvalue weighted by atomic mass is 32.2. The normalized spacial score (nSPS) is 13.3. The summed E-state index contributed by atoms with van der Waals surface area (Å²) in [5.74, 6) is 1.99. The Morgan fingerprint density at radius 2 is 1.88 bits per heavy atom. The molecule has 0 fully saturated rings. The van der Waals surface area contributed by atoms with Crippen LogP contribution in [-0.4, -0.2) is 33.2 Å². The Hall–Kier alpha value is -2.25. The maximum Gasteiger partial charge on any atom is 0.243 e. The summed E-state index contributed by atoms with van der Waals surface area (Å²) in [6.45, 7) is 4.47. The van der Waals surface area contributed by atoms with Gasteiger partial charge in [0.25, 0.3) is 0 Å². The van der Waals surface area contributed by atoms with Gasteiger partial charge in [0.2, 0.25) is 16.8 Å². The summed E-state index contributed by atoms with van der Waals surface area (Å²) in [4.78, 5) is 0.258. The van der Waals surface area contributed by atoms with Crippen LogP contribution in [0.3, 0.4) is 0 Å². The lowest BCUT2D eigenvalue weighted by molar-refractivity contribution is 0.174. The van der Waals surface area contributed by atoms with Crippen molar-refractivity contribution in [3.05, 3.63) is 47.5 Å². The molecule has 0 aliphatic carbocycles. The largest absolute Gasteiger partial charge is 0.496 e. The minimum Gasteiger partial charge on any atom is -0.496 e. The van der Waals surface area contributed by atoms with Crippen molar-refractivity contribution < 1.29 is 22.6 Å². The number of aryl methyl sites for hydroxylation is 1. The number of fused-ring (bicyclic) bond motifs is 1. The third-order valence-corrected chi connectivity index (χ3v) is 6.07. The average molecular weight is 363 g/mol. The fraction of sp³-hybridized carbons (Fsp3) is 0.333. The van der Waals surface area contributed by atoms with Crippen LogP contribution < -0.4 is 14.2 Å². The van der Waals surface area contributed by atoms with Gasteiger partial charge in [-0.3, -0.25) is 0 Å². The van der Waals surface area contributed by atoms with Gasteiger partial charge in [-0.15, -0.1) is 0 Å². The van der Waals surface area contributed by atoms with Crippen LogP contribution in [0.2, 0.25) is 0 Å². The number of hydrogen-bond acceptors (Lipinski definition) is 5. The smallest absolute Gasteiger partial charge is 0.243 e. The molecule has 25 heavy (non-hydrogen) atoms. The van der Waals surface area contributed by atoms with E-state index in [9.17, 15) is 8.42 Å². The van der Waals surface area contributed by atoms with E-state index in [-0.39, 0.29) is 18.2 Å². The number of hydrogen-bond donors (Lipinski definition) is 0. The molecule has 0 saturated carbocycles. The highest BCUT2D eigenvalue weighted by Crippen LogP contribution is 2.33. The van der Waals surface area contributed by atoms with Gasteiger partial charge in [-0.1, -0.05) is 13.0 Å². The molecule has 1 aliphatic rings. The Morgan fingerprint density at radius 3 is 2.56 bits per heavy atom. The van der Waals surface area contributed by atoms with E-state index in [0.717, 1.165) is 11.1 Å². The first-order valence-electron chi connectivity index (χ1n) is 7.99. The topological polar surface area (TPSA) is 65.1 Å². The maximum absolute atomic E-state index is 13.0. The maximum atomic E-state index is 13.0. The van der Waals surface area contributed by atoms with E-state index < -0.39 is 10.0 Å². The summed E-state index contributed by atoms with van der Waals surface area (Å²) < 4.78 is 43.3. The Labute approximate surface area is 148 Å². The molecule has 0 saturated heterocycles. The van der Waals surface area contributed by atoms with Gasteiger partial charge in [0.05, 0.1) is 12.0 Å². The SMILES string of the molecule is CCN(Cc1ccc2c(c1)OCO2)S(=O)(=O)c1ccc(OC)c(C)c1. The Balaban J connectivity index is 1.87. The van der Waals surface area contributed by atoms with Crippen LogP contribution in [0.5, 0.6) is 17.2 Å². The molecule has 0 bridgehead atoms. The van der Waals surface area contributed by atoms with Gasteiger partial charge in [-0.2, -0.15) is 4.31 Å². The van der Waals surface area contributed by atoms with Crippen LogP contribution in [0.25, 0.3) is 0 Å². The molecule has 1 aliphatic heterocycles. The molecule has 0 radical (unpaired) electrons. The van der Waals surface area contributed by atoms with E-state index in [1.807, 2.05) is 26.0 Å². The molecule has 134 valence electrons. The second kappa shape index (κ2) is 6.93. The molecular weight excluding hydrogens is 342 g/mol. The molecule has 2 aromatic rings. The first kappa shape index (κ1) is 17.6. The summed E-state index contributed by atoms with van der Waals surface area (Å²) in [6.07, 6.45) is 0. The van der Waals surface area contributed by atoms with Crippen LogP contribution in [-0.2, 0) is 16.6 Å². The lowest BCUT2D eigenvalue weighted by Crippen LogP contribution is -2.30. The van der Waals surface area contributed by atoms with Crippen LogP contribution in [0.4, 0.5) is 0 Å². The summed E-state index contributed by atoms with van der Waals surface area (Å²) in [5, 5.41) is 0. The molecule has 6 nitrogen and oxygen atoms in total. The van der Waals surface area contributed by atoms with Crippen LogP contribution in [0.15, 0.2) is 41.3 Å². The highest BCUT2D eigenvalue weighted by molar-refractivity contribution is 7.89. The number of nitrogens with zero attached hydrogens (tertiary/aromatic N) is 1. The van der Waals surface area contributed by atoms with Crippen molar-refractivity contribution >= 4 is 10.0 Å². The van der Waals surface area contributed by atoms with Crippen molar-refractivity contribution in [3.8, 4) is 17.2 Å². The fourth-order valence-corrected chi connectivity index (χ4v) is 4.29. The fourth-order valence-electron chi connectivity index (χ4n) is 2.77. The summed E-state index contributed by atoms with van der Waals surface area (Å²) in [7, 11) is -2.04. The van der Waals surface area contributed by atoms with Gasteiger partial charge in [0, 0.05) is 13.1 Å². The Kier molecular flexibility index (Phi) is 4.87. The number of rotatable bonds is 6. The minimum absolute atomic E-state index is 0.194. The third kappa shape index (κ3) is 3.43. The zero-order valence-corrected chi connectivity index (χ0v) is 15.3. The highest BCUT2D eigenvalue weighted by Gasteiger charge is 2.25. The molecule has 0 unspecified atom stereocenters. The summed E-state index contributed by atoms with van der Waals surface area (Å²) in [6, 6.07) is 10.4. The molecule has 0 spiro atoms. The van der Waals surface area contributed by atoms with E-state index in [0.29, 0.717) is 23.8 Å². The molecule has 2 aromatic carbocycles. The molecule has 0 amide bonds. The van der Waals surface area contributed by atoms with Crippen LogP contribution in [0.1, 0.15) is 18.1 Å². The first-order chi connectivity index (χ1) is 12.0. The predicted molar refractivity (Wildman–Crippen MR) is 93.6 cm³/mol. The quantitative estimate of drug-likeness (QED) is 0.789. The molecule has 3 rings (SSSR count). The lowest BCUT2D eigenvalue weighted by Gasteiger charge is -2.21. The van der Waals surface area contributed by atoms with Crippen molar-refractivity contribution in [2.45, 2.75) is 25.3 Å². The van der Waals surface area contributed by atoms with Crippen molar-refractivity contribution in [1.29, 1.82) is 0 Å². The van der Waals surface area contributed by atoms with Gasteiger partial charge >= 0.3 is 0 Å². The lowest BCUT2D eigenvalue weighted by atomic mass is 10.2. The van der Waals surface area contributed by atoms with Crippen molar-refractivity contribution in [3.63, 3.8) is 0 Å². The van der Waals surface area contributed by atoms with Crippen LogP contribution in [0, 0.1) is 6.92 Å². The van der Waals surface area contributed by atoms with Gasteiger partial charge < -0.3 is 14.2 Å². The molecule has 0 N–H and O–H groups in total. The Bertz CT molecular complexity index is 879. The molecular formula is C18H21NO5S. The van der Waals surface area contributed by atoms with E-state index in [2.05, 4.69) is 0 Å². The van der Waals surface area contributed by atoms with E-state index >= 15 is 0 Å². The van der Waals surface area contributed by atoms with Gasteiger partial charge in [0.15, 0.2) is 11.5 Å². The van der Waals surface area contributed by atoms with E-state index in [1.165, 1.54) is 4.31 Å². The summed E-state index contributed by atoms with van der Waals surface area (Å²) >= 11 is 0. The van der Waals surface area contributed by atoms with Crippen molar-refractivity contribution in [1.82, 2.24) is 4.31 Å². The van der Waals surface area contributed by atoms with Gasteiger partial charge in [-0.05, 0) is 48.4 Å². The Morgan fingerprint density at radius 1 is 1.12 bits per heavy atom. The van der Waals surface area contributed by atoms with E-state index in [4.69, 9.17) is 14.2 Å². The van der Waals surface area contributed by atoms with Crippen molar-refractivity contribution in [2.75, 3.05) is 20.4 Å². The third-order valence-electron chi connectivity index (χ3n) is 4.15. The number of benzene rings is 2. The van der Waals surface area contributed by atoms with Gasteiger partial charge in [-0.25, -0.2) is 8.42 Å². The second-order valence-electron chi connectivity index (χ2n) is 5.75. The zero-order chi connectivity index (χ0) is 18.0. The van der Waals surface area contributed by atoms with E-state index in [1.54, 1.807) is 31.4 Å². The molecule has 0 atom stereocenters. The number of sulfonamides is 1. The van der Waals surface area contributed by atoms with Crippen molar-refractivity contribution in [2.24, 2.45) is 0 Å². The van der Waals surface area contributed by atoms with Crippen LogP contribution >= 0.6 is 0 Å². The molecule has 7 heteroatoms. The second-order valence-corrected chi connectivity index (χ2v) is 7.69. The zero-order valence-electron chi connectivity index (χ0n) is 14.5. The average Bonchev–Trinajstić information content (AvgIpc) is 3.07. The monoisotopic (exact) mass is 363 g/mol. The first-order valence-corrected chi connectivity index (χ1v) is 9.43. The number of ether oxygens (including phenoxy) is 3. The number of methoxy groups -OCH3 is 1. The molecule has 0 aromatic heterocycles. The summed E-state index contributed by atoms with van der Waals surface area (Å²) in [5.41, 5.74) is 1.63. The standard InChI is InChI=1S/C18H21NO5S/c1-4-19(11-14-5-7-17-18(10-14)24-12-23-17)25(20,21)15-6-8-16(22-3)13(2)9-15/h5-10H,4,11-12H2,1-3H3. The molecule has 1 heterocycles. The van der Waals surface area contributed by atoms with Gasteiger partial charge in [0.1, 0.15) is 5.75 Å². The minimum atomic E-state index is -3.61. The predicted octanol–water partition coefficient (Wildman–Crippen LogP) is 2.94.